The highest BCUT2D eigenvalue weighted by Crippen LogP contribution is 2.21. The van der Waals surface area contributed by atoms with Crippen molar-refractivity contribution in [3.05, 3.63) is 28.8 Å². The Labute approximate surface area is 122 Å². The monoisotopic (exact) mass is 316 g/mol. The van der Waals surface area contributed by atoms with E-state index in [1.165, 1.54) is 26.0 Å². The van der Waals surface area contributed by atoms with Gasteiger partial charge in [0.15, 0.2) is 0 Å². The molecule has 0 bridgehead atoms. The number of aliphatic carboxylic acids is 1. The average molecular weight is 317 g/mol. The molecule has 0 saturated heterocycles. The zero-order valence-electron chi connectivity index (χ0n) is 10.8. The van der Waals surface area contributed by atoms with Gasteiger partial charge in [0.1, 0.15) is 6.07 Å². The number of nitriles is 1. The molecule has 0 aliphatic rings. The summed E-state index contributed by atoms with van der Waals surface area (Å²) in [5.41, 5.74) is -1.07. The lowest BCUT2D eigenvalue weighted by molar-refractivity contribution is -0.146. The number of sulfonamides is 1. The summed E-state index contributed by atoms with van der Waals surface area (Å²) in [4.78, 5) is 10.8. The largest absolute Gasteiger partial charge is 0.481 e. The molecule has 8 heteroatoms. The number of hydrogen-bond acceptors (Lipinski definition) is 4. The highest BCUT2D eigenvalue weighted by atomic mass is 35.5. The van der Waals surface area contributed by atoms with Gasteiger partial charge in [0, 0.05) is 6.54 Å². The first kappa shape index (κ1) is 16.4. The third-order valence-electron chi connectivity index (χ3n) is 2.65. The number of carboxylic acid groups (broad SMARTS) is 1. The number of hydrogen-bond donors (Lipinski definition) is 2. The van der Waals surface area contributed by atoms with E-state index in [0.29, 0.717) is 0 Å². The zero-order valence-corrected chi connectivity index (χ0v) is 12.4. The second-order valence-corrected chi connectivity index (χ2v) is 6.94. The Kier molecular flexibility index (Phi) is 4.76. The molecule has 1 aromatic rings. The fourth-order valence-electron chi connectivity index (χ4n) is 1.19. The van der Waals surface area contributed by atoms with Crippen LogP contribution >= 0.6 is 11.6 Å². The van der Waals surface area contributed by atoms with Crippen molar-refractivity contribution in [1.29, 1.82) is 5.26 Å². The van der Waals surface area contributed by atoms with Gasteiger partial charge in [0.05, 0.1) is 20.9 Å². The molecular formula is C12H13ClN2O4S. The van der Waals surface area contributed by atoms with Gasteiger partial charge < -0.3 is 5.11 Å². The Morgan fingerprint density at radius 3 is 2.55 bits per heavy atom. The van der Waals surface area contributed by atoms with E-state index in [-0.39, 0.29) is 22.0 Å². The van der Waals surface area contributed by atoms with Crippen LogP contribution in [-0.2, 0) is 14.8 Å². The average Bonchev–Trinajstić information content (AvgIpc) is 2.36. The van der Waals surface area contributed by atoms with Crippen LogP contribution in [0.3, 0.4) is 0 Å². The highest BCUT2D eigenvalue weighted by Gasteiger charge is 2.29. The van der Waals surface area contributed by atoms with Gasteiger partial charge >= 0.3 is 5.97 Å². The normalized spacial score (nSPS) is 11.9. The molecule has 0 spiro atoms. The molecule has 0 radical (unpaired) electrons. The van der Waals surface area contributed by atoms with Crippen LogP contribution in [0, 0.1) is 16.7 Å². The predicted molar refractivity (Wildman–Crippen MR) is 72.8 cm³/mol. The molecule has 1 aromatic carbocycles. The summed E-state index contributed by atoms with van der Waals surface area (Å²) in [7, 11) is -3.88. The van der Waals surface area contributed by atoms with Crippen molar-refractivity contribution < 1.29 is 18.3 Å². The van der Waals surface area contributed by atoms with Crippen LogP contribution in [0.5, 0.6) is 0 Å². The number of carbonyl (C=O) groups is 1. The van der Waals surface area contributed by atoms with Crippen molar-refractivity contribution in [2.45, 2.75) is 18.7 Å². The van der Waals surface area contributed by atoms with Gasteiger partial charge in [-0.3, -0.25) is 4.79 Å². The van der Waals surface area contributed by atoms with Crippen LogP contribution in [0.1, 0.15) is 19.4 Å². The van der Waals surface area contributed by atoms with Crippen LogP contribution < -0.4 is 4.72 Å². The quantitative estimate of drug-likeness (QED) is 0.858. The zero-order chi connectivity index (χ0) is 15.6. The van der Waals surface area contributed by atoms with Crippen molar-refractivity contribution in [1.82, 2.24) is 4.72 Å². The first-order chi connectivity index (χ1) is 9.10. The number of rotatable bonds is 5. The van der Waals surface area contributed by atoms with Crippen molar-refractivity contribution in [2.24, 2.45) is 5.41 Å². The SMILES string of the molecule is CC(C)(CNS(=O)(=O)c1ccc(C#N)c(Cl)c1)C(=O)O. The van der Waals surface area contributed by atoms with Crippen LogP contribution in [-0.4, -0.2) is 26.0 Å². The third kappa shape index (κ3) is 3.70. The van der Waals surface area contributed by atoms with Gasteiger partial charge in [-0.15, -0.1) is 0 Å². The van der Waals surface area contributed by atoms with E-state index in [2.05, 4.69) is 4.72 Å². The lowest BCUT2D eigenvalue weighted by atomic mass is 9.95. The molecule has 0 saturated carbocycles. The van der Waals surface area contributed by atoms with E-state index in [4.69, 9.17) is 22.0 Å². The molecule has 6 nitrogen and oxygen atoms in total. The Bertz CT molecular complexity index is 677. The lowest BCUT2D eigenvalue weighted by Gasteiger charge is -2.19. The van der Waals surface area contributed by atoms with E-state index in [0.717, 1.165) is 6.07 Å². The van der Waals surface area contributed by atoms with Gasteiger partial charge in [-0.2, -0.15) is 5.26 Å². The fraction of sp³-hybridized carbons (Fsp3) is 0.333. The second-order valence-electron chi connectivity index (χ2n) is 4.77. The molecule has 20 heavy (non-hydrogen) atoms. The van der Waals surface area contributed by atoms with E-state index in [1.807, 2.05) is 6.07 Å². The summed E-state index contributed by atoms with van der Waals surface area (Å²) in [6, 6.07) is 5.50. The van der Waals surface area contributed by atoms with Crippen LogP contribution in [0.15, 0.2) is 23.1 Å². The molecule has 0 fully saturated rings. The maximum atomic E-state index is 12.0. The first-order valence-corrected chi connectivity index (χ1v) is 7.39. The number of benzene rings is 1. The Hall–Kier alpha value is -1.62. The minimum Gasteiger partial charge on any atom is -0.481 e. The highest BCUT2D eigenvalue weighted by molar-refractivity contribution is 7.89. The van der Waals surface area contributed by atoms with E-state index in [9.17, 15) is 13.2 Å². The second kappa shape index (κ2) is 5.79. The molecule has 0 aliphatic carbocycles. The van der Waals surface area contributed by atoms with Gasteiger partial charge in [-0.05, 0) is 32.0 Å². The minimum absolute atomic E-state index is 0.0212. The molecular weight excluding hydrogens is 304 g/mol. The summed E-state index contributed by atoms with van der Waals surface area (Å²) in [5, 5.41) is 17.7. The van der Waals surface area contributed by atoms with E-state index >= 15 is 0 Å². The van der Waals surface area contributed by atoms with Gasteiger partial charge in [0.2, 0.25) is 10.0 Å². The Morgan fingerprint density at radius 1 is 1.50 bits per heavy atom. The Morgan fingerprint density at radius 2 is 2.10 bits per heavy atom. The van der Waals surface area contributed by atoms with Crippen LogP contribution in [0.2, 0.25) is 5.02 Å². The first-order valence-electron chi connectivity index (χ1n) is 5.53. The van der Waals surface area contributed by atoms with Crippen LogP contribution in [0.4, 0.5) is 0 Å². The summed E-state index contributed by atoms with van der Waals surface area (Å²) >= 11 is 5.77. The van der Waals surface area contributed by atoms with Crippen molar-refractivity contribution in [3.8, 4) is 6.07 Å². The van der Waals surface area contributed by atoms with E-state index < -0.39 is 21.4 Å². The van der Waals surface area contributed by atoms with Crippen molar-refractivity contribution in [3.63, 3.8) is 0 Å². The molecule has 108 valence electrons. The van der Waals surface area contributed by atoms with Crippen LogP contribution in [0.25, 0.3) is 0 Å². The molecule has 0 heterocycles. The van der Waals surface area contributed by atoms with Crippen molar-refractivity contribution in [2.75, 3.05) is 6.54 Å². The Balaban J connectivity index is 2.99. The van der Waals surface area contributed by atoms with Gasteiger partial charge in [-0.1, -0.05) is 11.6 Å². The smallest absolute Gasteiger partial charge is 0.310 e. The topological polar surface area (TPSA) is 107 Å². The number of halogens is 1. The number of carboxylic acids is 1. The molecule has 0 aromatic heterocycles. The summed E-state index contributed by atoms with van der Waals surface area (Å²) in [6.07, 6.45) is 0. The molecule has 0 amide bonds. The summed E-state index contributed by atoms with van der Waals surface area (Å²) < 4.78 is 26.2. The molecule has 1 rings (SSSR count). The molecule has 0 unspecified atom stereocenters. The van der Waals surface area contributed by atoms with Gasteiger partial charge in [0.25, 0.3) is 0 Å². The molecule has 0 atom stereocenters. The minimum atomic E-state index is -3.88. The van der Waals surface area contributed by atoms with E-state index in [1.54, 1.807) is 0 Å². The third-order valence-corrected chi connectivity index (χ3v) is 4.37. The summed E-state index contributed by atoms with van der Waals surface area (Å²) in [6.45, 7) is 2.55. The maximum absolute atomic E-state index is 12.0. The maximum Gasteiger partial charge on any atom is 0.310 e. The predicted octanol–water partition coefficient (Wildman–Crippen LogP) is 1.60. The standard InChI is InChI=1S/C12H13ClN2O4S/c1-12(2,11(16)17)7-15-20(18,19)9-4-3-8(6-14)10(13)5-9/h3-5,15H,7H2,1-2H3,(H,16,17). The molecule has 2 N–H and O–H groups in total. The molecule has 0 aliphatic heterocycles. The fourth-order valence-corrected chi connectivity index (χ4v) is 2.71. The van der Waals surface area contributed by atoms with Gasteiger partial charge in [-0.25, -0.2) is 13.1 Å². The lowest BCUT2D eigenvalue weighted by Crippen LogP contribution is -2.38. The summed E-state index contributed by atoms with van der Waals surface area (Å²) in [5.74, 6) is -1.11. The number of nitrogens with one attached hydrogen (secondary N) is 1. The number of nitrogens with zero attached hydrogens (tertiary/aromatic N) is 1. The van der Waals surface area contributed by atoms with Crippen molar-refractivity contribution >= 4 is 27.6 Å².